The van der Waals surface area contributed by atoms with E-state index in [2.05, 4.69) is 5.32 Å². The van der Waals surface area contributed by atoms with Crippen LogP contribution in [-0.4, -0.2) is 16.9 Å². The van der Waals surface area contributed by atoms with Crippen LogP contribution in [0.3, 0.4) is 0 Å². The lowest BCUT2D eigenvalue weighted by atomic mass is 10.1. The van der Waals surface area contributed by atoms with Crippen molar-refractivity contribution in [3.63, 3.8) is 0 Å². The van der Waals surface area contributed by atoms with Gasteiger partial charge in [0.15, 0.2) is 5.78 Å². The number of hydrogen-bond acceptors (Lipinski definition) is 2. The maximum absolute atomic E-state index is 12.4. The molecule has 0 saturated heterocycles. The lowest BCUT2D eigenvalue weighted by Gasteiger charge is -2.05. The number of Topliss-reactive ketones (excluding diaryl/α,β-unsaturated/α-hetero) is 1. The van der Waals surface area contributed by atoms with Crippen LogP contribution in [0.5, 0.6) is 0 Å². The van der Waals surface area contributed by atoms with E-state index in [4.69, 9.17) is 11.6 Å². The van der Waals surface area contributed by atoms with E-state index in [-0.39, 0.29) is 5.78 Å². The standard InChI is InChI=1S/C18H17ClN2O/c1-21-12-15(14-7-3-5-9-17(14)21)18(22)11-20-10-13-6-2-4-8-16(13)19/h2-9,12,20H,10-11H2,1H3. The summed E-state index contributed by atoms with van der Waals surface area (Å²) in [4.78, 5) is 12.4. The van der Waals surface area contributed by atoms with Crippen molar-refractivity contribution in [3.8, 4) is 0 Å². The van der Waals surface area contributed by atoms with E-state index in [1.54, 1.807) is 0 Å². The molecule has 4 heteroatoms. The van der Waals surface area contributed by atoms with Crippen LogP contribution in [0.2, 0.25) is 5.02 Å². The minimum Gasteiger partial charge on any atom is -0.350 e. The number of ketones is 1. The van der Waals surface area contributed by atoms with Crippen LogP contribution in [0.1, 0.15) is 15.9 Å². The summed E-state index contributed by atoms with van der Waals surface area (Å²) in [5.41, 5.74) is 2.82. The van der Waals surface area contributed by atoms with Crippen molar-refractivity contribution >= 4 is 28.3 Å². The summed E-state index contributed by atoms with van der Waals surface area (Å²) >= 11 is 6.11. The normalized spacial score (nSPS) is 11.0. The molecular formula is C18H17ClN2O. The monoisotopic (exact) mass is 312 g/mol. The van der Waals surface area contributed by atoms with E-state index in [1.165, 1.54) is 0 Å². The molecule has 3 aromatic rings. The van der Waals surface area contributed by atoms with Crippen LogP contribution in [0.25, 0.3) is 10.9 Å². The second kappa shape index (κ2) is 6.34. The third-order valence-corrected chi connectivity index (χ3v) is 4.12. The van der Waals surface area contributed by atoms with Gasteiger partial charge in [-0.25, -0.2) is 0 Å². The van der Waals surface area contributed by atoms with Crippen molar-refractivity contribution in [3.05, 3.63) is 70.9 Å². The van der Waals surface area contributed by atoms with Gasteiger partial charge in [0.25, 0.3) is 0 Å². The summed E-state index contributed by atoms with van der Waals surface area (Å²) < 4.78 is 1.98. The molecule has 1 aromatic heterocycles. The maximum Gasteiger partial charge on any atom is 0.178 e. The number of benzene rings is 2. The summed E-state index contributed by atoms with van der Waals surface area (Å²) in [6.07, 6.45) is 1.89. The number of halogens is 1. The van der Waals surface area contributed by atoms with Gasteiger partial charge in [0.05, 0.1) is 6.54 Å². The second-order valence-corrected chi connectivity index (χ2v) is 5.70. The van der Waals surface area contributed by atoms with Gasteiger partial charge in [0, 0.05) is 41.3 Å². The Kier molecular flexibility index (Phi) is 4.27. The lowest BCUT2D eigenvalue weighted by Crippen LogP contribution is -2.22. The quantitative estimate of drug-likeness (QED) is 0.727. The van der Waals surface area contributed by atoms with Crippen molar-refractivity contribution in [2.45, 2.75) is 6.54 Å². The first-order valence-corrected chi connectivity index (χ1v) is 7.56. The second-order valence-electron chi connectivity index (χ2n) is 5.29. The highest BCUT2D eigenvalue weighted by atomic mass is 35.5. The molecule has 0 saturated carbocycles. The number of aryl methyl sites for hydroxylation is 1. The Bertz CT molecular complexity index is 823. The summed E-state index contributed by atoms with van der Waals surface area (Å²) in [7, 11) is 1.95. The summed E-state index contributed by atoms with van der Waals surface area (Å²) in [5.74, 6) is 0.0869. The molecule has 0 fully saturated rings. The van der Waals surface area contributed by atoms with Gasteiger partial charge < -0.3 is 9.88 Å². The van der Waals surface area contributed by atoms with Gasteiger partial charge in [-0.2, -0.15) is 0 Å². The highest BCUT2D eigenvalue weighted by Gasteiger charge is 2.13. The maximum atomic E-state index is 12.4. The van der Waals surface area contributed by atoms with Crippen LogP contribution in [-0.2, 0) is 13.6 Å². The average Bonchev–Trinajstić information content (AvgIpc) is 2.87. The van der Waals surface area contributed by atoms with Crippen molar-refractivity contribution < 1.29 is 4.79 Å². The van der Waals surface area contributed by atoms with E-state index in [0.717, 1.165) is 22.0 Å². The van der Waals surface area contributed by atoms with E-state index >= 15 is 0 Å². The molecular weight excluding hydrogens is 296 g/mol. The van der Waals surface area contributed by atoms with Gasteiger partial charge >= 0.3 is 0 Å². The highest BCUT2D eigenvalue weighted by molar-refractivity contribution is 6.31. The third-order valence-electron chi connectivity index (χ3n) is 3.76. The zero-order chi connectivity index (χ0) is 15.5. The van der Waals surface area contributed by atoms with Gasteiger partial charge in [0.2, 0.25) is 0 Å². The SMILES string of the molecule is Cn1cc(C(=O)CNCc2ccccc2Cl)c2ccccc21. The number of fused-ring (bicyclic) bond motifs is 1. The fourth-order valence-corrected chi connectivity index (χ4v) is 2.81. The molecule has 0 spiro atoms. The van der Waals surface area contributed by atoms with Crippen LogP contribution >= 0.6 is 11.6 Å². The lowest BCUT2D eigenvalue weighted by molar-refractivity contribution is 0.0992. The Hall–Kier alpha value is -2.10. The minimum absolute atomic E-state index is 0.0869. The smallest absolute Gasteiger partial charge is 0.178 e. The first-order valence-electron chi connectivity index (χ1n) is 7.18. The molecule has 0 unspecified atom stereocenters. The van der Waals surface area contributed by atoms with Gasteiger partial charge in [-0.3, -0.25) is 4.79 Å². The third kappa shape index (κ3) is 2.91. The first-order chi connectivity index (χ1) is 10.7. The van der Waals surface area contributed by atoms with Crippen molar-refractivity contribution in [1.82, 2.24) is 9.88 Å². The summed E-state index contributed by atoms with van der Waals surface area (Å²) in [5, 5.41) is 4.88. The van der Waals surface area contributed by atoms with E-state index < -0.39 is 0 Å². The zero-order valence-electron chi connectivity index (χ0n) is 12.3. The van der Waals surface area contributed by atoms with Crippen LogP contribution in [0.15, 0.2) is 54.7 Å². The molecule has 0 amide bonds. The number of para-hydroxylation sites is 1. The van der Waals surface area contributed by atoms with Gasteiger partial charge in [-0.15, -0.1) is 0 Å². The molecule has 0 aliphatic heterocycles. The van der Waals surface area contributed by atoms with Crippen LogP contribution in [0, 0.1) is 0 Å². The van der Waals surface area contributed by atoms with E-state index in [9.17, 15) is 4.79 Å². The molecule has 3 nitrogen and oxygen atoms in total. The van der Waals surface area contributed by atoms with Crippen LogP contribution in [0.4, 0.5) is 0 Å². The Morgan fingerprint density at radius 3 is 2.68 bits per heavy atom. The molecule has 0 aliphatic carbocycles. The number of rotatable bonds is 5. The number of carbonyl (C=O) groups is 1. The molecule has 2 aromatic carbocycles. The number of hydrogen-bond donors (Lipinski definition) is 1. The topological polar surface area (TPSA) is 34.0 Å². The summed E-state index contributed by atoms with van der Waals surface area (Å²) in [6, 6.07) is 15.6. The Morgan fingerprint density at radius 1 is 1.14 bits per heavy atom. The number of nitrogens with zero attached hydrogens (tertiary/aromatic N) is 1. The Labute approximate surface area is 134 Å². The summed E-state index contributed by atoms with van der Waals surface area (Å²) in [6.45, 7) is 0.870. The average molecular weight is 313 g/mol. The molecule has 0 aliphatic rings. The highest BCUT2D eigenvalue weighted by Crippen LogP contribution is 2.20. The van der Waals surface area contributed by atoms with Gasteiger partial charge in [-0.05, 0) is 17.7 Å². The largest absolute Gasteiger partial charge is 0.350 e. The Balaban J connectivity index is 1.70. The number of aromatic nitrogens is 1. The van der Waals surface area contributed by atoms with Gasteiger partial charge in [0.1, 0.15) is 0 Å². The molecule has 1 heterocycles. The van der Waals surface area contributed by atoms with Crippen LogP contribution < -0.4 is 5.32 Å². The fourth-order valence-electron chi connectivity index (χ4n) is 2.61. The van der Waals surface area contributed by atoms with E-state index in [1.807, 2.05) is 66.3 Å². The number of carbonyl (C=O) groups excluding carboxylic acids is 1. The molecule has 3 rings (SSSR count). The Morgan fingerprint density at radius 2 is 1.86 bits per heavy atom. The number of nitrogens with one attached hydrogen (secondary N) is 1. The molecule has 0 bridgehead atoms. The molecule has 22 heavy (non-hydrogen) atoms. The minimum atomic E-state index is 0.0869. The predicted molar refractivity (Wildman–Crippen MR) is 90.4 cm³/mol. The van der Waals surface area contributed by atoms with E-state index in [0.29, 0.717) is 18.1 Å². The zero-order valence-corrected chi connectivity index (χ0v) is 13.1. The molecule has 112 valence electrons. The molecule has 0 radical (unpaired) electrons. The van der Waals surface area contributed by atoms with Gasteiger partial charge in [-0.1, -0.05) is 48.0 Å². The van der Waals surface area contributed by atoms with Crippen molar-refractivity contribution in [2.24, 2.45) is 7.05 Å². The molecule has 0 atom stereocenters. The van der Waals surface area contributed by atoms with Crippen molar-refractivity contribution in [1.29, 1.82) is 0 Å². The van der Waals surface area contributed by atoms with Crippen molar-refractivity contribution in [2.75, 3.05) is 6.54 Å². The predicted octanol–water partition coefficient (Wildman–Crippen LogP) is 3.80. The molecule has 1 N–H and O–H groups in total. The first kappa shape index (κ1) is 14.8. The fraction of sp³-hybridized carbons (Fsp3) is 0.167.